The summed E-state index contributed by atoms with van der Waals surface area (Å²) in [6.45, 7) is 4.59. The van der Waals surface area contributed by atoms with Crippen LogP contribution in [-0.4, -0.2) is 30.1 Å². The standard InChI is InChI=1S/C21H17BrCl2N2O4S/c1-3-29-16-9-11(13(22)10-17(16)30-4-2)8-12-19(27)25-21(31)26(20(12)28)15-7-5-6-14(23)18(15)24/h5-10H,3-4H2,1-2H3,(H,25,27,31)/b12-8+. The van der Waals surface area contributed by atoms with E-state index in [1.165, 1.54) is 6.08 Å². The largest absolute Gasteiger partial charge is 0.490 e. The minimum absolute atomic E-state index is 0.0860. The van der Waals surface area contributed by atoms with Crippen LogP contribution in [0.2, 0.25) is 10.0 Å². The molecule has 2 aromatic carbocycles. The number of ether oxygens (including phenoxy) is 2. The van der Waals surface area contributed by atoms with Gasteiger partial charge in [-0.2, -0.15) is 0 Å². The first kappa shape index (κ1) is 23.5. The molecule has 2 amide bonds. The Morgan fingerprint density at radius 3 is 2.42 bits per heavy atom. The van der Waals surface area contributed by atoms with Crippen molar-refractivity contribution >= 4 is 80.0 Å². The Morgan fingerprint density at radius 2 is 1.77 bits per heavy atom. The molecule has 0 atom stereocenters. The predicted molar refractivity (Wildman–Crippen MR) is 129 cm³/mol. The number of hydrogen-bond acceptors (Lipinski definition) is 5. The molecule has 6 nitrogen and oxygen atoms in total. The molecule has 3 rings (SSSR count). The maximum Gasteiger partial charge on any atom is 0.270 e. The summed E-state index contributed by atoms with van der Waals surface area (Å²) in [5.74, 6) is -0.209. The fraction of sp³-hybridized carbons (Fsp3) is 0.190. The van der Waals surface area contributed by atoms with Crippen LogP contribution in [0.1, 0.15) is 19.4 Å². The number of nitrogens with zero attached hydrogens (tertiary/aromatic N) is 1. The molecule has 1 aliphatic heterocycles. The van der Waals surface area contributed by atoms with Crippen LogP contribution in [-0.2, 0) is 9.59 Å². The van der Waals surface area contributed by atoms with Gasteiger partial charge in [0.1, 0.15) is 5.57 Å². The number of carbonyl (C=O) groups excluding carboxylic acids is 2. The van der Waals surface area contributed by atoms with Crippen molar-refractivity contribution < 1.29 is 19.1 Å². The Hall–Kier alpha value is -2.13. The molecular weight excluding hydrogens is 527 g/mol. The van der Waals surface area contributed by atoms with Gasteiger partial charge in [0.25, 0.3) is 11.8 Å². The lowest BCUT2D eigenvalue weighted by Crippen LogP contribution is -2.54. The molecule has 31 heavy (non-hydrogen) atoms. The SMILES string of the molecule is CCOc1cc(Br)c(/C=C2\C(=O)NC(=S)N(c3cccc(Cl)c3Cl)C2=O)cc1OCC. The summed E-state index contributed by atoms with van der Waals surface area (Å²) >= 11 is 21.0. The summed E-state index contributed by atoms with van der Waals surface area (Å²) in [4.78, 5) is 27.0. The first-order valence-corrected chi connectivity index (χ1v) is 11.2. The Balaban J connectivity index is 2.08. The van der Waals surface area contributed by atoms with Crippen molar-refractivity contribution in [3.05, 3.63) is 56.0 Å². The zero-order valence-corrected chi connectivity index (χ0v) is 20.4. The molecule has 1 N–H and O–H groups in total. The number of thiocarbonyl (C=S) groups is 1. The fourth-order valence-corrected chi connectivity index (χ4v) is 3.99. The first-order valence-electron chi connectivity index (χ1n) is 9.23. The second-order valence-electron chi connectivity index (χ2n) is 6.22. The number of halogens is 3. The number of benzene rings is 2. The van der Waals surface area contributed by atoms with Gasteiger partial charge in [0.15, 0.2) is 16.6 Å². The van der Waals surface area contributed by atoms with Gasteiger partial charge in [-0.25, -0.2) is 0 Å². The first-order chi connectivity index (χ1) is 14.8. The van der Waals surface area contributed by atoms with E-state index in [1.54, 1.807) is 30.3 Å². The lowest BCUT2D eigenvalue weighted by atomic mass is 10.1. The molecule has 0 aromatic heterocycles. The number of carbonyl (C=O) groups is 2. The van der Waals surface area contributed by atoms with E-state index in [0.29, 0.717) is 34.7 Å². The van der Waals surface area contributed by atoms with Crippen LogP contribution >= 0.6 is 51.3 Å². The van der Waals surface area contributed by atoms with E-state index >= 15 is 0 Å². The van der Waals surface area contributed by atoms with E-state index in [2.05, 4.69) is 21.2 Å². The summed E-state index contributed by atoms with van der Waals surface area (Å²) in [6, 6.07) is 8.23. The van der Waals surface area contributed by atoms with Crippen LogP contribution < -0.4 is 19.7 Å². The van der Waals surface area contributed by atoms with Gasteiger partial charge in [0, 0.05) is 4.47 Å². The van der Waals surface area contributed by atoms with E-state index < -0.39 is 11.8 Å². The van der Waals surface area contributed by atoms with Gasteiger partial charge in [-0.05, 0) is 62.0 Å². The molecule has 0 spiro atoms. The summed E-state index contributed by atoms with van der Waals surface area (Å²) in [5.41, 5.74) is 0.697. The molecule has 2 aromatic rings. The number of rotatable bonds is 6. The van der Waals surface area contributed by atoms with Crippen LogP contribution in [0.25, 0.3) is 6.08 Å². The highest BCUT2D eigenvalue weighted by Gasteiger charge is 2.36. The highest BCUT2D eigenvalue weighted by Crippen LogP contribution is 2.37. The van der Waals surface area contributed by atoms with Crippen molar-refractivity contribution in [3.8, 4) is 11.5 Å². The monoisotopic (exact) mass is 542 g/mol. The summed E-state index contributed by atoms with van der Waals surface area (Å²) in [5, 5.41) is 2.84. The smallest absolute Gasteiger partial charge is 0.270 e. The third-order valence-corrected chi connectivity index (χ3v) is 6.02. The summed E-state index contributed by atoms with van der Waals surface area (Å²) < 4.78 is 11.9. The molecule has 1 saturated heterocycles. The van der Waals surface area contributed by atoms with Gasteiger partial charge in [0.2, 0.25) is 0 Å². The van der Waals surface area contributed by atoms with Gasteiger partial charge in [-0.15, -0.1) is 0 Å². The molecule has 0 bridgehead atoms. The highest BCUT2D eigenvalue weighted by atomic mass is 79.9. The number of nitrogens with one attached hydrogen (secondary N) is 1. The third kappa shape index (κ3) is 4.87. The van der Waals surface area contributed by atoms with E-state index in [9.17, 15) is 9.59 Å². The van der Waals surface area contributed by atoms with E-state index in [4.69, 9.17) is 44.9 Å². The number of hydrogen-bond donors (Lipinski definition) is 1. The second kappa shape index (κ2) is 9.99. The second-order valence-corrected chi connectivity index (χ2v) is 8.24. The molecule has 1 heterocycles. The van der Waals surface area contributed by atoms with Gasteiger partial charge in [-0.1, -0.05) is 45.2 Å². The lowest BCUT2D eigenvalue weighted by Gasteiger charge is -2.29. The summed E-state index contributed by atoms with van der Waals surface area (Å²) in [6.07, 6.45) is 1.45. The number of amides is 2. The average Bonchev–Trinajstić information content (AvgIpc) is 2.71. The molecule has 0 radical (unpaired) electrons. The van der Waals surface area contributed by atoms with Gasteiger partial charge in [-0.3, -0.25) is 19.8 Å². The molecule has 162 valence electrons. The molecule has 0 saturated carbocycles. The van der Waals surface area contributed by atoms with Crippen molar-refractivity contribution in [3.63, 3.8) is 0 Å². The van der Waals surface area contributed by atoms with Crippen LogP contribution in [0.3, 0.4) is 0 Å². The minimum atomic E-state index is -0.628. The Morgan fingerprint density at radius 1 is 1.13 bits per heavy atom. The molecule has 0 aliphatic carbocycles. The Bertz CT molecular complexity index is 1110. The quantitative estimate of drug-likeness (QED) is 0.301. The van der Waals surface area contributed by atoms with Crippen molar-refractivity contribution in [1.29, 1.82) is 0 Å². The van der Waals surface area contributed by atoms with Crippen molar-refractivity contribution in [2.75, 3.05) is 18.1 Å². The Labute approximate surface area is 203 Å². The predicted octanol–water partition coefficient (Wildman–Crippen LogP) is 5.38. The molecule has 10 heteroatoms. The maximum absolute atomic E-state index is 13.2. The molecule has 1 aliphatic rings. The lowest BCUT2D eigenvalue weighted by molar-refractivity contribution is -0.122. The summed E-state index contributed by atoms with van der Waals surface area (Å²) in [7, 11) is 0. The van der Waals surface area contributed by atoms with Gasteiger partial charge >= 0.3 is 0 Å². The topological polar surface area (TPSA) is 67.9 Å². The van der Waals surface area contributed by atoms with Crippen LogP contribution in [0, 0.1) is 0 Å². The normalized spacial score (nSPS) is 15.3. The van der Waals surface area contributed by atoms with E-state index in [1.807, 2.05) is 13.8 Å². The highest BCUT2D eigenvalue weighted by molar-refractivity contribution is 9.10. The third-order valence-electron chi connectivity index (χ3n) is 4.24. The minimum Gasteiger partial charge on any atom is -0.490 e. The van der Waals surface area contributed by atoms with Gasteiger partial charge in [0.05, 0.1) is 28.9 Å². The van der Waals surface area contributed by atoms with Crippen molar-refractivity contribution in [2.24, 2.45) is 0 Å². The van der Waals surface area contributed by atoms with E-state index in [0.717, 1.165) is 4.90 Å². The zero-order valence-electron chi connectivity index (χ0n) is 16.5. The average molecular weight is 544 g/mol. The Kier molecular flexibility index (Phi) is 7.59. The van der Waals surface area contributed by atoms with E-state index in [-0.39, 0.29) is 26.4 Å². The van der Waals surface area contributed by atoms with Gasteiger partial charge < -0.3 is 9.47 Å². The van der Waals surface area contributed by atoms with Crippen molar-refractivity contribution in [1.82, 2.24) is 5.32 Å². The molecular formula is C21H17BrCl2N2O4S. The maximum atomic E-state index is 13.2. The number of anilines is 1. The zero-order chi connectivity index (χ0) is 22.7. The molecule has 1 fully saturated rings. The fourth-order valence-electron chi connectivity index (χ4n) is 2.89. The van der Waals surface area contributed by atoms with Crippen LogP contribution in [0.5, 0.6) is 11.5 Å². The van der Waals surface area contributed by atoms with Crippen LogP contribution in [0.15, 0.2) is 40.4 Å². The van der Waals surface area contributed by atoms with Crippen molar-refractivity contribution in [2.45, 2.75) is 13.8 Å². The van der Waals surface area contributed by atoms with Crippen LogP contribution in [0.4, 0.5) is 5.69 Å². The molecule has 0 unspecified atom stereocenters.